The maximum absolute atomic E-state index is 10.9. The Balaban J connectivity index is 1.73. The highest BCUT2D eigenvalue weighted by Crippen LogP contribution is 2.39. The van der Waals surface area contributed by atoms with E-state index in [0.29, 0.717) is 36.4 Å². The minimum Gasteiger partial charge on any atom is -0.382 e. The van der Waals surface area contributed by atoms with E-state index in [9.17, 15) is 4.57 Å². The molecule has 0 spiro atoms. The van der Waals surface area contributed by atoms with Crippen molar-refractivity contribution in [1.82, 2.24) is 19.5 Å². The zero-order valence-corrected chi connectivity index (χ0v) is 12.1. The predicted octanol–water partition coefficient (Wildman–Crippen LogP) is 0.511. The maximum atomic E-state index is 10.9. The van der Waals surface area contributed by atoms with Gasteiger partial charge in [0.15, 0.2) is 11.5 Å². The zero-order valence-electron chi connectivity index (χ0n) is 11.2. The van der Waals surface area contributed by atoms with Gasteiger partial charge in [-0.25, -0.2) is 15.0 Å². The van der Waals surface area contributed by atoms with Crippen LogP contribution in [0.2, 0.25) is 0 Å². The number of ether oxygens (including phenoxy) is 1. The molecule has 0 aliphatic carbocycles. The molecule has 1 saturated heterocycles. The Morgan fingerprint density at radius 1 is 1.43 bits per heavy atom. The second-order valence-corrected chi connectivity index (χ2v) is 6.93. The predicted molar refractivity (Wildman–Crippen MR) is 74.4 cm³/mol. The first-order chi connectivity index (χ1) is 9.94. The first kappa shape index (κ1) is 14.4. The van der Waals surface area contributed by atoms with Crippen molar-refractivity contribution in [2.75, 3.05) is 18.5 Å². The number of anilines is 1. The smallest absolute Gasteiger partial charge is 0.325 e. The summed E-state index contributed by atoms with van der Waals surface area (Å²) in [5.41, 5.74) is 6.86. The van der Waals surface area contributed by atoms with E-state index in [1.807, 2.05) is 0 Å². The van der Waals surface area contributed by atoms with Crippen LogP contribution in [0.4, 0.5) is 5.82 Å². The SMILES string of the molecule is Nc1ncnc2c1ncn2[C@H]1C[C@@H](CCP(=O)(O)O)CO1. The molecule has 10 heteroatoms. The summed E-state index contributed by atoms with van der Waals surface area (Å²) in [6.45, 7) is 0.463. The van der Waals surface area contributed by atoms with E-state index in [-0.39, 0.29) is 18.3 Å². The van der Waals surface area contributed by atoms with Crippen molar-refractivity contribution in [2.24, 2.45) is 5.92 Å². The molecule has 1 fully saturated rings. The van der Waals surface area contributed by atoms with Crippen molar-refractivity contribution in [1.29, 1.82) is 0 Å². The third-order valence-corrected chi connectivity index (χ3v) is 4.43. The highest BCUT2D eigenvalue weighted by atomic mass is 31.2. The first-order valence-electron chi connectivity index (χ1n) is 6.53. The minimum absolute atomic E-state index is 0.110. The Hall–Kier alpha value is -1.54. The monoisotopic (exact) mass is 313 g/mol. The van der Waals surface area contributed by atoms with E-state index >= 15 is 0 Å². The second kappa shape index (κ2) is 5.34. The van der Waals surface area contributed by atoms with Gasteiger partial charge in [-0.05, 0) is 18.8 Å². The molecule has 2 atom stereocenters. The molecule has 114 valence electrons. The molecule has 3 heterocycles. The van der Waals surface area contributed by atoms with Crippen LogP contribution in [-0.4, -0.2) is 42.1 Å². The lowest BCUT2D eigenvalue weighted by molar-refractivity contribution is 0.0569. The van der Waals surface area contributed by atoms with Crippen LogP contribution in [0.1, 0.15) is 19.1 Å². The zero-order chi connectivity index (χ0) is 15.0. The number of aromatic nitrogens is 4. The van der Waals surface area contributed by atoms with Crippen LogP contribution in [-0.2, 0) is 9.30 Å². The van der Waals surface area contributed by atoms with Gasteiger partial charge in [0.2, 0.25) is 0 Å². The van der Waals surface area contributed by atoms with Crippen molar-refractivity contribution in [3.05, 3.63) is 12.7 Å². The van der Waals surface area contributed by atoms with Crippen molar-refractivity contribution in [3.8, 4) is 0 Å². The first-order valence-corrected chi connectivity index (χ1v) is 8.33. The Morgan fingerprint density at radius 3 is 3.00 bits per heavy atom. The van der Waals surface area contributed by atoms with Crippen LogP contribution < -0.4 is 5.73 Å². The highest BCUT2D eigenvalue weighted by Gasteiger charge is 2.29. The maximum Gasteiger partial charge on any atom is 0.325 e. The molecule has 2 aromatic heterocycles. The summed E-state index contributed by atoms with van der Waals surface area (Å²) in [5.74, 6) is 0.425. The van der Waals surface area contributed by atoms with Gasteiger partial charge in [0.05, 0.1) is 19.1 Å². The molecule has 0 aromatic carbocycles. The molecule has 0 radical (unpaired) electrons. The van der Waals surface area contributed by atoms with Gasteiger partial charge in [-0.3, -0.25) is 9.13 Å². The van der Waals surface area contributed by atoms with E-state index in [0.717, 1.165) is 0 Å². The fourth-order valence-corrected chi connectivity index (χ4v) is 3.20. The van der Waals surface area contributed by atoms with Gasteiger partial charge in [-0.1, -0.05) is 0 Å². The van der Waals surface area contributed by atoms with E-state index in [1.165, 1.54) is 6.33 Å². The largest absolute Gasteiger partial charge is 0.382 e. The summed E-state index contributed by atoms with van der Waals surface area (Å²) < 4.78 is 18.4. The Morgan fingerprint density at radius 2 is 2.24 bits per heavy atom. The number of nitrogens with two attached hydrogens (primary N) is 1. The van der Waals surface area contributed by atoms with Gasteiger partial charge in [0, 0.05) is 0 Å². The number of hydrogen-bond acceptors (Lipinski definition) is 6. The molecule has 3 rings (SSSR count). The van der Waals surface area contributed by atoms with Crippen LogP contribution in [0.5, 0.6) is 0 Å². The molecule has 9 nitrogen and oxygen atoms in total. The molecule has 0 saturated carbocycles. The molecule has 21 heavy (non-hydrogen) atoms. The van der Waals surface area contributed by atoms with Crippen molar-refractivity contribution >= 4 is 24.6 Å². The fourth-order valence-electron chi connectivity index (χ4n) is 2.49. The number of hydrogen-bond donors (Lipinski definition) is 3. The standard InChI is InChI=1S/C11H16N5O4P/c12-10-9-11(14-5-13-10)16(6-15-9)8-3-7(4-20-8)1-2-21(17,18)19/h5-8H,1-4H2,(H2,12,13,14)(H2,17,18,19)/t7-,8-/m1/s1. The lowest BCUT2D eigenvalue weighted by Gasteiger charge is -2.12. The molecule has 1 aliphatic rings. The minimum atomic E-state index is -3.96. The summed E-state index contributed by atoms with van der Waals surface area (Å²) in [7, 11) is -3.96. The lowest BCUT2D eigenvalue weighted by Crippen LogP contribution is -2.07. The van der Waals surface area contributed by atoms with E-state index in [4.69, 9.17) is 20.3 Å². The Bertz CT molecular complexity index is 699. The summed E-state index contributed by atoms with van der Waals surface area (Å²) in [5, 5.41) is 0. The molecule has 0 unspecified atom stereocenters. The van der Waals surface area contributed by atoms with Gasteiger partial charge < -0.3 is 20.3 Å². The average molecular weight is 313 g/mol. The Kier molecular flexibility index (Phi) is 3.66. The van der Waals surface area contributed by atoms with Crippen molar-refractivity contribution in [2.45, 2.75) is 19.1 Å². The van der Waals surface area contributed by atoms with Crippen LogP contribution in [0.15, 0.2) is 12.7 Å². The summed E-state index contributed by atoms with van der Waals surface area (Å²) in [6.07, 6.45) is 3.71. The van der Waals surface area contributed by atoms with Gasteiger partial charge in [0.1, 0.15) is 18.1 Å². The third-order valence-electron chi connectivity index (χ3n) is 3.59. The third kappa shape index (κ3) is 3.06. The van der Waals surface area contributed by atoms with Crippen molar-refractivity contribution in [3.63, 3.8) is 0 Å². The van der Waals surface area contributed by atoms with Crippen LogP contribution in [0.25, 0.3) is 11.2 Å². The number of nitrogen functional groups attached to an aromatic ring is 1. The highest BCUT2D eigenvalue weighted by molar-refractivity contribution is 7.51. The van der Waals surface area contributed by atoms with E-state index < -0.39 is 7.60 Å². The van der Waals surface area contributed by atoms with Gasteiger partial charge in [-0.15, -0.1) is 0 Å². The van der Waals surface area contributed by atoms with Gasteiger partial charge >= 0.3 is 7.60 Å². The fraction of sp³-hybridized carbons (Fsp3) is 0.545. The van der Waals surface area contributed by atoms with E-state index in [2.05, 4.69) is 15.0 Å². The summed E-state index contributed by atoms with van der Waals surface area (Å²) in [4.78, 5) is 30.1. The molecular weight excluding hydrogens is 297 g/mol. The van der Waals surface area contributed by atoms with E-state index in [1.54, 1.807) is 10.9 Å². The number of imidazole rings is 1. The average Bonchev–Trinajstić information content (AvgIpc) is 3.02. The number of fused-ring (bicyclic) bond motifs is 1. The van der Waals surface area contributed by atoms with Crippen LogP contribution >= 0.6 is 7.60 Å². The molecule has 1 aliphatic heterocycles. The second-order valence-electron chi connectivity index (χ2n) is 5.15. The molecule has 0 amide bonds. The quantitative estimate of drug-likeness (QED) is 0.694. The Labute approximate surface area is 120 Å². The topological polar surface area (TPSA) is 136 Å². The van der Waals surface area contributed by atoms with Crippen LogP contribution in [0.3, 0.4) is 0 Å². The van der Waals surface area contributed by atoms with Crippen LogP contribution in [0, 0.1) is 5.92 Å². The molecule has 0 bridgehead atoms. The molecule has 2 aromatic rings. The van der Waals surface area contributed by atoms with Gasteiger partial charge in [0.25, 0.3) is 0 Å². The van der Waals surface area contributed by atoms with Gasteiger partial charge in [-0.2, -0.15) is 0 Å². The number of rotatable bonds is 4. The molecular formula is C11H16N5O4P. The molecule has 4 N–H and O–H groups in total. The van der Waals surface area contributed by atoms with Crippen molar-refractivity contribution < 1.29 is 19.1 Å². The summed E-state index contributed by atoms with van der Waals surface area (Å²) >= 11 is 0. The normalized spacial score (nSPS) is 23.0. The number of nitrogens with zero attached hydrogens (tertiary/aromatic N) is 4. The summed E-state index contributed by atoms with van der Waals surface area (Å²) in [6, 6.07) is 0. The lowest BCUT2D eigenvalue weighted by atomic mass is 10.1.